The Bertz CT molecular complexity index is 1280. The zero-order valence-electron chi connectivity index (χ0n) is 23.7. The SMILES string of the molecule is CC(=O)O[C@@]12CO[C@@H]1C[C@@H](C)[C@@]1(C)C(=O)C(=O)C3=C(C)[C@@H](C)C[C@@](O)([C@@H](OC(=O)c4ccccc4)[C@H]21)C3(C)C. The third-order valence-electron chi connectivity index (χ3n) is 10.6. The fourth-order valence-electron chi connectivity index (χ4n) is 7.99. The van der Waals surface area contributed by atoms with E-state index in [4.69, 9.17) is 14.2 Å². The summed E-state index contributed by atoms with van der Waals surface area (Å²) in [6, 6.07) is 8.45. The molecule has 2 saturated carbocycles. The first-order chi connectivity index (χ1) is 18.1. The van der Waals surface area contributed by atoms with Gasteiger partial charge in [0, 0.05) is 23.3 Å². The highest BCUT2D eigenvalue weighted by molar-refractivity contribution is 6.46. The number of esters is 2. The first-order valence-electron chi connectivity index (χ1n) is 13.7. The van der Waals surface area contributed by atoms with E-state index in [2.05, 4.69) is 0 Å². The fraction of sp³-hybridized carbons (Fsp3) is 0.613. The highest BCUT2D eigenvalue weighted by Gasteiger charge is 2.77. The standard InChI is InChI=1S/C31H38O8/c1-16-14-31(36)26(38-27(35)20-11-9-8-10-12-20)24-29(7,25(34)23(33)22(18(16)3)28(31,5)6)17(2)13-21-30(24,15-37-21)39-19(4)32/h8-12,16-17,21,24,26,36H,13-15H2,1-7H3/t16-,17+,21+,24-,26-,29+,30-,31+/m0/s1. The molecule has 8 nitrogen and oxygen atoms in total. The van der Waals surface area contributed by atoms with Crippen molar-refractivity contribution in [2.45, 2.75) is 84.7 Å². The average Bonchev–Trinajstić information content (AvgIpc) is 2.87. The largest absolute Gasteiger partial charge is 0.455 e. The maximum atomic E-state index is 14.4. The Morgan fingerprint density at radius 1 is 1.08 bits per heavy atom. The lowest BCUT2D eigenvalue weighted by molar-refractivity contribution is -0.337. The number of ketones is 2. The number of aliphatic hydroxyl groups is 1. The lowest BCUT2D eigenvalue weighted by atomic mass is 9.43. The molecule has 1 aliphatic heterocycles. The molecule has 0 spiro atoms. The molecule has 2 bridgehead atoms. The molecule has 0 amide bonds. The number of hydrogen-bond donors (Lipinski definition) is 1. The molecule has 1 N–H and O–H groups in total. The van der Waals surface area contributed by atoms with E-state index in [-0.39, 0.29) is 30.1 Å². The van der Waals surface area contributed by atoms with Gasteiger partial charge in [0.2, 0.25) is 11.6 Å². The molecular weight excluding hydrogens is 500 g/mol. The molecule has 1 heterocycles. The first kappa shape index (κ1) is 27.7. The van der Waals surface area contributed by atoms with Crippen molar-refractivity contribution in [2.75, 3.05) is 6.61 Å². The van der Waals surface area contributed by atoms with Crippen LogP contribution in [-0.4, -0.2) is 58.6 Å². The zero-order valence-corrected chi connectivity index (χ0v) is 23.7. The van der Waals surface area contributed by atoms with Gasteiger partial charge in [-0.25, -0.2) is 4.79 Å². The Kier molecular flexibility index (Phi) is 6.28. The number of carbonyl (C=O) groups excluding carboxylic acids is 4. The quantitative estimate of drug-likeness (QED) is 0.456. The van der Waals surface area contributed by atoms with Crippen LogP contribution in [0.5, 0.6) is 0 Å². The van der Waals surface area contributed by atoms with Crippen molar-refractivity contribution in [3.8, 4) is 0 Å². The highest BCUT2D eigenvalue weighted by Crippen LogP contribution is 2.65. The van der Waals surface area contributed by atoms with Crippen molar-refractivity contribution >= 4 is 23.5 Å². The van der Waals surface area contributed by atoms with Crippen LogP contribution in [0.4, 0.5) is 0 Å². The number of rotatable bonds is 3. The van der Waals surface area contributed by atoms with Crippen LogP contribution in [0.1, 0.15) is 71.7 Å². The maximum Gasteiger partial charge on any atom is 0.338 e. The fourth-order valence-corrected chi connectivity index (χ4v) is 7.99. The van der Waals surface area contributed by atoms with E-state index in [0.717, 1.165) is 5.57 Å². The number of benzene rings is 1. The van der Waals surface area contributed by atoms with Gasteiger partial charge in [0.25, 0.3) is 0 Å². The van der Waals surface area contributed by atoms with Gasteiger partial charge in [-0.15, -0.1) is 0 Å². The lowest BCUT2D eigenvalue weighted by Gasteiger charge is -2.67. The lowest BCUT2D eigenvalue weighted by Crippen LogP contribution is -2.80. The monoisotopic (exact) mass is 538 g/mol. The number of ether oxygens (including phenoxy) is 3. The molecule has 3 fully saturated rings. The number of carbonyl (C=O) groups is 4. The number of fused-ring (bicyclic) bond motifs is 5. The minimum atomic E-state index is -1.77. The van der Waals surface area contributed by atoms with Crippen LogP contribution < -0.4 is 0 Å². The molecule has 4 aliphatic rings. The second-order valence-corrected chi connectivity index (χ2v) is 12.8. The molecule has 1 aromatic rings. The van der Waals surface area contributed by atoms with Crippen LogP contribution in [0.25, 0.3) is 0 Å². The van der Waals surface area contributed by atoms with Crippen molar-refractivity contribution in [3.63, 3.8) is 0 Å². The van der Waals surface area contributed by atoms with Crippen LogP contribution in [0.15, 0.2) is 41.5 Å². The number of allylic oxidation sites excluding steroid dienone is 1. The van der Waals surface area contributed by atoms with E-state index in [9.17, 15) is 24.3 Å². The third-order valence-corrected chi connectivity index (χ3v) is 10.6. The molecule has 0 unspecified atom stereocenters. The Balaban J connectivity index is 1.82. The van der Waals surface area contributed by atoms with Crippen molar-refractivity contribution in [2.24, 2.45) is 28.6 Å². The van der Waals surface area contributed by atoms with Crippen LogP contribution >= 0.6 is 0 Å². The number of Topliss-reactive ketones (excluding diaryl/α,β-unsaturated/α-hetero) is 2. The summed E-state index contributed by atoms with van der Waals surface area (Å²) in [5.41, 5.74) is -4.47. The Morgan fingerprint density at radius 3 is 2.28 bits per heavy atom. The predicted octanol–water partition coefficient (Wildman–Crippen LogP) is 3.84. The van der Waals surface area contributed by atoms with E-state index in [0.29, 0.717) is 6.42 Å². The maximum absolute atomic E-state index is 14.4. The van der Waals surface area contributed by atoms with Gasteiger partial charge in [0.05, 0.1) is 18.1 Å². The normalized spacial score (nSPS) is 40.9. The summed E-state index contributed by atoms with van der Waals surface area (Å²) in [5.74, 6) is -4.18. The van der Waals surface area contributed by atoms with Crippen molar-refractivity contribution in [1.29, 1.82) is 0 Å². The van der Waals surface area contributed by atoms with Gasteiger partial charge < -0.3 is 19.3 Å². The summed E-state index contributed by atoms with van der Waals surface area (Å²) in [7, 11) is 0. The molecule has 3 aliphatic carbocycles. The molecule has 1 saturated heterocycles. The Morgan fingerprint density at radius 2 is 1.72 bits per heavy atom. The van der Waals surface area contributed by atoms with Crippen LogP contribution in [0.3, 0.4) is 0 Å². The summed E-state index contributed by atoms with van der Waals surface area (Å²) >= 11 is 0. The summed E-state index contributed by atoms with van der Waals surface area (Å²) in [6.07, 6.45) is -1.30. The van der Waals surface area contributed by atoms with Gasteiger partial charge in [0.1, 0.15) is 17.8 Å². The molecule has 39 heavy (non-hydrogen) atoms. The van der Waals surface area contributed by atoms with E-state index < -0.39 is 69.6 Å². The van der Waals surface area contributed by atoms with Gasteiger partial charge >= 0.3 is 11.9 Å². The summed E-state index contributed by atoms with van der Waals surface area (Å²) in [5, 5.41) is 12.8. The third kappa shape index (κ3) is 3.56. The highest BCUT2D eigenvalue weighted by atomic mass is 16.6. The van der Waals surface area contributed by atoms with E-state index in [1.807, 2.05) is 20.8 Å². The van der Waals surface area contributed by atoms with Crippen LogP contribution in [-0.2, 0) is 28.6 Å². The van der Waals surface area contributed by atoms with Gasteiger partial charge in [-0.1, -0.05) is 58.4 Å². The molecule has 8 heteroatoms. The van der Waals surface area contributed by atoms with Crippen molar-refractivity contribution in [3.05, 3.63) is 47.0 Å². The summed E-state index contributed by atoms with van der Waals surface area (Å²) in [4.78, 5) is 54.8. The molecule has 8 atom stereocenters. The molecule has 210 valence electrons. The summed E-state index contributed by atoms with van der Waals surface area (Å²) < 4.78 is 18.2. The molecule has 0 radical (unpaired) electrons. The van der Waals surface area contributed by atoms with Crippen LogP contribution in [0.2, 0.25) is 0 Å². The second-order valence-electron chi connectivity index (χ2n) is 12.8. The first-order valence-corrected chi connectivity index (χ1v) is 13.7. The van der Waals surface area contributed by atoms with E-state index in [1.165, 1.54) is 6.92 Å². The minimum absolute atomic E-state index is 0.0289. The number of hydrogen-bond acceptors (Lipinski definition) is 8. The minimum Gasteiger partial charge on any atom is -0.455 e. The predicted molar refractivity (Wildman–Crippen MR) is 140 cm³/mol. The zero-order chi connectivity index (χ0) is 28.7. The smallest absolute Gasteiger partial charge is 0.338 e. The van der Waals surface area contributed by atoms with Gasteiger partial charge in [-0.3, -0.25) is 14.4 Å². The van der Waals surface area contributed by atoms with Gasteiger partial charge in [-0.05, 0) is 43.7 Å². The average molecular weight is 539 g/mol. The van der Waals surface area contributed by atoms with E-state index in [1.54, 1.807) is 51.1 Å². The van der Waals surface area contributed by atoms with Crippen LogP contribution in [0, 0.1) is 28.6 Å². The molecular formula is C31H38O8. The molecule has 5 rings (SSSR count). The van der Waals surface area contributed by atoms with Crippen molar-refractivity contribution < 1.29 is 38.5 Å². The topological polar surface area (TPSA) is 116 Å². The Labute approximate surface area is 229 Å². The van der Waals surface area contributed by atoms with Gasteiger partial charge in [0.15, 0.2) is 5.60 Å². The molecule has 0 aromatic heterocycles. The Hall–Kier alpha value is -2.84. The van der Waals surface area contributed by atoms with Crippen molar-refractivity contribution in [1.82, 2.24) is 0 Å². The molecule has 1 aromatic carbocycles. The second kappa shape index (κ2) is 8.83. The van der Waals surface area contributed by atoms with Gasteiger partial charge in [-0.2, -0.15) is 0 Å². The summed E-state index contributed by atoms with van der Waals surface area (Å²) in [6.45, 7) is 12.0. The van der Waals surface area contributed by atoms with E-state index >= 15 is 0 Å².